The van der Waals surface area contributed by atoms with Crippen molar-refractivity contribution in [3.05, 3.63) is 107 Å². The Labute approximate surface area is 324 Å². The fraction of sp³-hybridized carbons (Fsp3) is 0.422. The van der Waals surface area contributed by atoms with Crippen molar-refractivity contribution in [1.82, 2.24) is 19.8 Å². The highest BCUT2D eigenvalue weighted by atomic mass is 16.5. The van der Waals surface area contributed by atoms with E-state index in [0.29, 0.717) is 40.5 Å². The molecule has 0 unspecified atom stereocenters. The summed E-state index contributed by atoms with van der Waals surface area (Å²) < 4.78 is 22.5. The van der Waals surface area contributed by atoms with Crippen molar-refractivity contribution in [1.29, 1.82) is 0 Å². The highest BCUT2D eigenvalue weighted by Crippen LogP contribution is 2.53. The lowest BCUT2D eigenvalue weighted by atomic mass is 9.59. The summed E-state index contributed by atoms with van der Waals surface area (Å²) >= 11 is 0. The van der Waals surface area contributed by atoms with Crippen molar-refractivity contribution in [3.63, 3.8) is 0 Å². The maximum Gasteiger partial charge on any atom is 0.341 e. The molecule has 2 saturated heterocycles. The second-order valence-corrected chi connectivity index (χ2v) is 15.9. The van der Waals surface area contributed by atoms with Gasteiger partial charge in [0.2, 0.25) is 0 Å². The Kier molecular flexibility index (Phi) is 10.5. The first-order valence-electron chi connectivity index (χ1n) is 19.6. The second-order valence-electron chi connectivity index (χ2n) is 15.9. The highest BCUT2D eigenvalue weighted by Gasteiger charge is 2.50. The number of H-pyrrole nitrogens is 1. The molecule has 1 saturated carbocycles. The molecule has 1 spiro atoms. The summed E-state index contributed by atoms with van der Waals surface area (Å²) in [6.07, 6.45) is 8.30. The van der Waals surface area contributed by atoms with Crippen LogP contribution in [-0.2, 0) is 11.3 Å². The summed E-state index contributed by atoms with van der Waals surface area (Å²) in [5, 5.41) is 0.945. The van der Waals surface area contributed by atoms with Crippen LogP contribution in [0, 0.1) is 5.41 Å². The molecule has 3 aromatic carbocycles. The quantitative estimate of drug-likeness (QED) is 0.134. The number of aromatic amines is 1. The van der Waals surface area contributed by atoms with Gasteiger partial charge in [0.1, 0.15) is 22.7 Å². The number of aromatic nitrogens is 2. The number of piperidine rings is 1. The molecule has 2 aliphatic heterocycles. The number of benzene rings is 3. The third kappa shape index (κ3) is 7.50. The first kappa shape index (κ1) is 36.9. The Morgan fingerprint density at radius 3 is 2.45 bits per heavy atom. The maximum atomic E-state index is 12.7. The Hall–Kier alpha value is -5.06. The van der Waals surface area contributed by atoms with Crippen LogP contribution < -0.4 is 19.1 Å². The first-order chi connectivity index (χ1) is 26.8. The SMILES string of the molecule is COC(=O)c1ccc(N2CCC3(CC2)CC(N2CCN(Cc4ccc(OC)c(OC)c4)C[C@H]2c2ccccc2C(C)C)C3)cc1Oc1cnc2[nH]ccc2c1. The number of esters is 1. The van der Waals surface area contributed by atoms with Gasteiger partial charge in [0.25, 0.3) is 0 Å². The van der Waals surface area contributed by atoms with Crippen molar-refractivity contribution >= 4 is 22.7 Å². The molecule has 3 aliphatic rings. The topological polar surface area (TPSA) is 92.4 Å². The number of anilines is 1. The number of ether oxygens (including phenoxy) is 4. The van der Waals surface area contributed by atoms with E-state index < -0.39 is 5.97 Å². The van der Waals surface area contributed by atoms with E-state index >= 15 is 0 Å². The summed E-state index contributed by atoms with van der Waals surface area (Å²) in [4.78, 5) is 28.2. The van der Waals surface area contributed by atoms with Gasteiger partial charge in [0.15, 0.2) is 11.5 Å². The lowest BCUT2D eigenvalue weighted by molar-refractivity contribution is -0.0628. The zero-order valence-corrected chi connectivity index (χ0v) is 32.7. The average molecular weight is 744 g/mol. The van der Waals surface area contributed by atoms with Gasteiger partial charge < -0.3 is 28.8 Å². The van der Waals surface area contributed by atoms with Crippen LogP contribution in [0.1, 0.15) is 78.5 Å². The number of hydrogen-bond donors (Lipinski definition) is 1. The maximum absolute atomic E-state index is 12.7. The standard InChI is InChI=1S/C45H53N5O5/c1-30(2)36-8-6-7-9-37(36)39-29-48(28-31-10-13-40(52-3)42(22-31)53-4)20-21-50(39)34-25-45(26-34)15-18-49(19-16-45)33-11-12-38(44(51)54-5)41(24-33)55-35-23-32-14-17-46-43(32)47-27-35/h6-14,17,22-24,27,30,34,39H,15-16,18-21,25-26,28-29H2,1-5H3,(H,46,47)/t39-/m0/s1. The number of rotatable bonds is 11. The zero-order valence-electron chi connectivity index (χ0n) is 32.7. The number of fused-ring (bicyclic) bond motifs is 1. The lowest BCUT2D eigenvalue weighted by Gasteiger charge is -2.58. The van der Waals surface area contributed by atoms with Crippen LogP contribution in [0.15, 0.2) is 85.2 Å². The van der Waals surface area contributed by atoms with Crippen LogP contribution in [0.4, 0.5) is 5.69 Å². The molecule has 1 atom stereocenters. The van der Waals surface area contributed by atoms with Gasteiger partial charge in [-0.3, -0.25) is 9.80 Å². The number of pyridine rings is 1. The van der Waals surface area contributed by atoms with Crippen LogP contribution in [0.3, 0.4) is 0 Å². The fourth-order valence-electron chi connectivity index (χ4n) is 9.28. The molecule has 1 aliphatic carbocycles. The minimum Gasteiger partial charge on any atom is -0.493 e. The van der Waals surface area contributed by atoms with E-state index in [2.05, 4.69) is 74.9 Å². The fourth-order valence-corrected chi connectivity index (χ4v) is 9.28. The molecule has 10 nitrogen and oxygen atoms in total. The second kappa shape index (κ2) is 15.6. The molecule has 2 aromatic heterocycles. The van der Waals surface area contributed by atoms with Gasteiger partial charge in [-0.15, -0.1) is 0 Å². The Morgan fingerprint density at radius 1 is 0.891 bits per heavy atom. The van der Waals surface area contributed by atoms with Crippen LogP contribution in [0.5, 0.6) is 23.0 Å². The number of hydrogen-bond acceptors (Lipinski definition) is 9. The Bertz CT molecular complexity index is 2130. The molecule has 0 radical (unpaired) electrons. The van der Waals surface area contributed by atoms with Gasteiger partial charge in [-0.05, 0) is 90.1 Å². The summed E-state index contributed by atoms with van der Waals surface area (Å²) in [5.41, 5.74) is 6.78. The van der Waals surface area contributed by atoms with E-state index in [1.54, 1.807) is 20.4 Å². The molecule has 8 rings (SSSR count). The molecule has 5 aromatic rings. The van der Waals surface area contributed by atoms with Crippen molar-refractivity contribution in [2.24, 2.45) is 5.41 Å². The number of nitrogens with zero attached hydrogens (tertiary/aromatic N) is 4. The molecule has 4 heterocycles. The molecule has 288 valence electrons. The number of nitrogens with one attached hydrogen (secondary N) is 1. The number of carbonyl (C=O) groups excluding carboxylic acids is 1. The van der Waals surface area contributed by atoms with E-state index in [1.807, 2.05) is 42.6 Å². The van der Waals surface area contributed by atoms with Gasteiger partial charge in [-0.25, -0.2) is 9.78 Å². The summed E-state index contributed by atoms with van der Waals surface area (Å²) in [6, 6.07) is 26.0. The lowest BCUT2D eigenvalue weighted by Crippen LogP contribution is -2.60. The molecule has 55 heavy (non-hydrogen) atoms. The zero-order chi connectivity index (χ0) is 38.1. The van der Waals surface area contributed by atoms with E-state index in [-0.39, 0.29) is 0 Å². The Morgan fingerprint density at radius 2 is 1.69 bits per heavy atom. The predicted octanol–water partition coefficient (Wildman–Crippen LogP) is 8.59. The summed E-state index contributed by atoms with van der Waals surface area (Å²) in [6.45, 7) is 10.5. The molecule has 10 heteroatoms. The largest absolute Gasteiger partial charge is 0.493 e. The van der Waals surface area contributed by atoms with E-state index in [4.69, 9.17) is 18.9 Å². The molecule has 1 N–H and O–H groups in total. The molecule has 3 fully saturated rings. The van der Waals surface area contributed by atoms with Crippen molar-refractivity contribution in [3.8, 4) is 23.0 Å². The van der Waals surface area contributed by atoms with Gasteiger partial charge in [-0.1, -0.05) is 44.2 Å². The third-order valence-corrected chi connectivity index (χ3v) is 12.3. The summed E-state index contributed by atoms with van der Waals surface area (Å²) in [7, 11) is 4.79. The Balaban J connectivity index is 0.953. The normalized spacial score (nSPS) is 19.1. The summed E-state index contributed by atoms with van der Waals surface area (Å²) in [5.74, 6) is 2.63. The third-order valence-electron chi connectivity index (χ3n) is 12.3. The average Bonchev–Trinajstić information content (AvgIpc) is 3.68. The van der Waals surface area contributed by atoms with Crippen LogP contribution in [-0.4, -0.2) is 85.8 Å². The molecular formula is C45H53N5O5. The van der Waals surface area contributed by atoms with E-state index in [0.717, 1.165) is 80.3 Å². The number of methoxy groups -OCH3 is 3. The monoisotopic (exact) mass is 743 g/mol. The first-order valence-corrected chi connectivity index (χ1v) is 19.6. The molecular weight excluding hydrogens is 691 g/mol. The van der Waals surface area contributed by atoms with E-state index in [9.17, 15) is 4.79 Å². The van der Waals surface area contributed by atoms with E-state index in [1.165, 1.54) is 36.6 Å². The minimum atomic E-state index is -0.425. The number of piperazine rings is 1. The van der Waals surface area contributed by atoms with Gasteiger partial charge in [-0.2, -0.15) is 0 Å². The van der Waals surface area contributed by atoms with Gasteiger partial charge in [0, 0.05) is 74.7 Å². The van der Waals surface area contributed by atoms with Crippen molar-refractivity contribution < 1.29 is 23.7 Å². The molecule has 0 bridgehead atoms. The highest BCUT2D eigenvalue weighted by molar-refractivity contribution is 5.93. The van der Waals surface area contributed by atoms with Crippen molar-refractivity contribution in [2.75, 3.05) is 59.0 Å². The van der Waals surface area contributed by atoms with Gasteiger partial charge in [0.05, 0.1) is 27.5 Å². The molecule has 0 amide bonds. The van der Waals surface area contributed by atoms with Crippen LogP contribution >= 0.6 is 0 Å². The van der Waals surface area contributed by atoms with Gasteiger partial charge >= 0.3 is 5.97 Å². The van der Waals surface area contributed by atoms with Crippen molar-refractivity contribution in [2.45, 2.75) is 64.1 Å². The minimum absolute atomic E-state index is 0.342. The van der Waals surface area contributed by atoms with Crippen LogP contribution in [0.25, 0.3) is 11.0 Å². The smallest absolute Gasteiger partial charge is 0.341 e. The predicted molar refractivity (Wildman–Crippen MR) is 216 cm³/mol. The van der Waals surface area contributed by atoms with Crippen LogP contribution in [0.2, 0.25) is 0 Å². The number of carbonyl (C=O) groups is 1.